The topological polar surface area (TPSA) is 55.4 Å². The lowest BCUT2D eigenvalue weighted by atomic mass is 10.00. The van der Waals surface area contributed by atoms with Crippen molar-refractivity contribution in [2.75, 3.05) is 13.7 Å². The second kappa shape index (κ2) is 8.28. The smallest absolute Gasteiger partial charge is 0.251 e. The summed E-state index contributed by atoms with van der Waals surface area (Å²) in [6, 6.07) is 15.2. The third-order valence-electron chi connectivity index (χ3n) is 4.88. The highest BCUT2D eigenvalue weighted by molar-refractivity contribution is 5.99. The average molecular weight is 351 g/mol. The van der Waals surface area contributed by atoms with Gasteiger partial charge in [-0.25, -0.2) is 0 Å². The van der Waals surface area contributed by atoms with E-state index in [1.54, 1.807) is 7.11 Å². The zero-order valence-corrected chi connectivity index (χ0v) is 15.3. The number of methoxy groups -OCH3 is 1. The van der Waals surface area contributed by atoms with Gasteiger partial charge in [0.2, 0.25) is 0 Å². The van der Waals surface area contributed by atoms with Gasteiger partial charge in [0, 0.05) is 30.7 Å². The minimum Gasteiger partial charge on any atom is -0.380 e. The van der Waals surface area contributed by atoms with E-state index in [-0.39, 0.29) is 23.7 Å². The molecule has 26 heavy (non-hydrogen) atoms. The number of amides is 1. The molecule has 136 valence electrons. The van der Waals surface area contributed by atoms with Gasteiger partial charge in [0.25, 0.3) is 5.91 Å². The highest BCUT2D eigenvalue weighted by atomic mass is 16.5. The van der Waals surface area contributed by atoms with Gasteiger partial charge in [-0.3, -0.25) is 9.59 Å². The maximum atomic E-state index is 12.2. The molecule has 0 aliphatic heterocycles. The largest absolute Gasteiger partial charge is 0.380 e. The molecule has 1 aliphatic carbocycles. The first kappa shape index (κ1) is 18.3. The summed E-state index contributed by atoms with van der Waals surface area (Å²) in [5.41, 5.74) is 3.47. The molecule has 1 aliphatic rings. The maximum Gasteiger partial charge on any atom is 0.251 e. The fraction of sp³-hybridized carbons (Fsp3) is 0.364. The van der Waals surface area contributed by atoms with E-state index in [9.17, 15) is 9.59 Å². The van der Waals surface area contributed by atoms with Gasteiger partial charge in [-0.2, -0.15) is 0 Å². The Morgan fingerprint density at radius 3 is 2.00 bits per heavy atom. The minimum absolute atomic E-state index is 0.0371. The lowest BCUT2D eigenvalue weighted by Gasteiger charge is -2.14. The van der Waals surface area contributed by atoms with Gasteiger partial charge >= 0.3 is 0 Å². The summed E-state index contributed by atoms with van der Waals surface area (Å²) in [7, 11) is 1.65. The predicted molar refractivity (Wildman–Crippen MR) is 102 cm³/mol. The lowest BCUT2D eigenvalue weighted by Crippen LogP contribution is -2.32. The van der Waals surface area contributed by atoms with Gasteiger partial charge in [-0.1, -0.05) is 43.3 Å². The molecule has 4 heteroatoms. The number of benzene rings is 2. The molecule has 0 saturated heterocycles. The molecule has 2 aromatic carbocycles. The summed E-state index contributed by atoms with van der Waals surface area (Å²) in [5.74, 6) is 0.395. The number of Topliss-reactive ketones (excluding diaryl/α,β-unsaturated/α-hetero) is 1. The Bertz CT molecular complexity index is 757. The quantitative estimate of drug-likeness (QED) is 0.729. The first-order valence-corrected chi connectivity index (χ1v) is 9.18. The molecule has 1 amide bonds. The van der Waals surface area contributed by atoms with Crippen LogP contribution >= 0.6 is 0 Å². The average Bonchev–Trinajstić information content (AvgIpc) is 3.53. The van der Waals surface area contributed by atoms with Crippen molar-refractivity contribution in [3.05, 3.63) is 59.7 Å². The maximum absolute atomic E-state index is 12.2. The third-order valence-corrected chi connectivity index (χ3v) is 4.88. The molecule has 1 fully saturated rings. The Morgan fingerprint density at radius 2 is 1.54 bits per heavy atom. The van der Waals surface area contributed by atoms with Crippen LogP contribution in [-0.4, -0.2) is 31.4 Å². The number of hydrogen-bond donors (Lipinski definition) is 1. The number of nitrogens with one attached hydrogen (secondary N) is 1. The van der Waals surface area contributed by atoms with Gasteiger partial charge in [0.1, 0.15) is 0 Å². The summed E-state index contributed by atoms with van der Waals surface area (Å²) in [6.45, 7) is 2.53. The van der Waals surface area contributed by atoms with Crippen molar-refractivity contribution < 1.29 is 14.3 Å². The normalized spacial score (nSPS) is 14.7. The number of ketones is 1. The molecular formula is C22H25NO3. The fourth-order valence-electron chi connectivity index (χ4n) is 2.93. The Hall–Kier alpha value is -2.46. The molecule has 0 aromatic heterocycles. The first-order chi connectivity index (χ1) is 12.6. The molecule has 1 saturated carbocycles. The van der Waals surface area contributed by atoms with Gasteiger partial charge in [0.15, 0.2) is 5.78 Å². The van der Waals surface area contributed by atoms with E-state index in [1.807, 2.05) is 55.5 Å². The summed E-state index contributed by atoms with van der Waals surface area (Å²) >= 11 is 0. The molecule has 1 N–H and O–H groups in total. The number of ether oxygens (including phenoxy) is 1. The summed E-state index contributed by atoms with van der Waals surface area (Å²) in [6.07, 6.45) is 2.94. The number of rotatable bonds is 8. The first-order valence-electron chi connectivity index (χ1n) is 9.18. The summed E-state index contributed by atoms with van der Waals surface area (Å²) in [5, 5.41) is 2.90. The lowest BCUT2D eigenvalue weighted by molar-refractivity contribution is 0.0815. The van der Waals surface area contributed by atoms with E-state index in [2.05, 4.69) is 5.32 Å². The predicted octanol–water partition coefficient (Wildman–Crippen LogP) is 4.10. The summed E-state index contributed by atoms with van der Waals surface area (Å²) in [4.78, 5) is 24.3. The molecule has 0 bridgehead atoms. The van der Waals surface area contributed by atoms with Crippen LogP contribution in [0.1, 0.15) is 46.9 Å². The zero-order valence-electron chi connectivity index (χ0n) is 15.3. The van der Waals surface area contributed by atoms with Gasteiger partial charge < -0.3 is 10.1 Å². The number of carbonyl (C=O) groups excluding carboxylic acids is 2. The second-order valence-electron chi connectivity index (χ2n) is 6.77. The minimum atomic E-state index is -0.0996. The second-order valence-corrected chi connectivity index (χ2v) is 6.77. The third kappa shape index (κ3) is 4.38. The van der Waals surface area contributed by atoms with Crippen molar-refractivity contribution in [2.45, 2.75) is 32.3 Å². The molecule has 1 atom stereocenters. The molecule has 0 heterocycles. The van der Waals surface area contributed by atoms with E-state index in [4.69, 9.17) is 4.74 Å². The number of hydrogen-bond acceptors (Lipinski definition) is 3. The van der Waals surface area contributed by atoms with Crippen LogP contribution in [0.5, 0.6) is 0 Å². The summed E-state index contributed by atoms with van der Waals surface area (Å²) < 4.78 is 5.27. The van der Waals surface area contributed by atoms with Crippen LogP contribution in [0.25, 0.3) is 11.1 Å². The van der Waals surface area contributed by atoms with E-state index in [0.717, 1.165) is 36.0 Å². The van der Waals surface area contributed by atoms with Gasteiger partial charge in [0.05, 0.1) is 6.10 Å². The molecule has 1 unspecified atom stereocenters. The van der Waals surface area contributed by atoms with Crippen molar-refractivity contribution in [2.24, 2.45) is 5.92 Å². The molecule has 0 radical (unpaired) electrons. The van der Waals surface area contributed by atoms with Crippen LogP contribution in [0.4, 0.5) is 0 Å². The van der Waals surface area contributed by atoms with E-state index < -0.39 is 0 Å². The van der Waals surface area contributed by atoms with Crippen LogP contribution in [0.3, 0.4) is 0 Å². The van der Waals surface area contributed by atoms with Crippen molar-refractivity contribution in [1.29, 1.82) is 0 Å². The molecule has 3 rings (SSSR count). The highest BCUT2D eigenvalue weighted by Gasteiger charge is 2.30. The van der Waals surface area contributed by atoms with Crippen LogP contribution in [0, 0.1) is 5.92 Å². The van der Waals surface area contributed by atoms with Gasteiger partial charge in [-0.15, -0.1) is 0 Å². The monoisotopic (exact) mass is 351 g/mol. The zero-order chi connectivity index (χ0) is 18.5. The molecule has 2 aromatic rings. The number of carbonyl (C=O) groups is 2. The van der Waals surface area contributed by atoms with Gasteiger partial charge in [-0.05, 0) is 42.5 Å². The SMILES string of the molecule is CCC(CNC(=O)c1ccc(-c2ccc(C(=O)C3CC3)cc2)cc1)OC. The van der Waals surface area contributed by atoms with E-state index in [1.165, 1.54) is 0 Å². The molecule has 0 spiro atoms. The Morgan fingerprint density at radius 1 is 1.00 bits per heavy atom. The van der Waals surface area contributed by atoms with Crippen molar-refractivity contribution >= 4 is 11.7 Å². The van der Waals surface area contributed by atoms with Crippen LogP contribution in [0.15, 0.2) is 48.5 Å². The highest BCUT2D eigenvalue weighted by Crippen LogP contribution is 2.33. The fourth-order valence-corrected chi connectivity index (χ4v) is 2.93. The van der Waals surface area contributed by atoms with Crippen LogP contribution in [0.2, 0.25) is 0 Å². The Labute approximate surface area is 154 Å². The van der Waals surface area contributed by atoms with E-state index >= 15 is 0 Å². The van der Waals surface area contributed by atoms with Crippen molar-refractivity contribution in [3.8, 4) is 11.1 Å². The Kier molecular flexibility index (Phi) is 5.84. The van der Waals surface area contributed by atoms with Crippen molar-refractivity contribution in [3.63, 3.8) is 0 Å². The molecular weight excluding hydrogens is 326 g/mol. The van der Waals surface area contributed by atoms with Crippen molar-refractivity contribution in [1.82, 2.24) is 5.32 Å². The molecule has 4 nitrogen and oxygen atoms in total. The van der Waals surface area contributed by atoms with Crippen LogP contribution < -0.4 is 5.32 Å². The Balaban J connectivity index is 1.63. The van der Waals surface area contributed by atoms with Crippen LogP contribution in [-0.2, 0) is 4.74 Å². The standard InChI is InChI=1S/C22H25NO3/c1-3-20(26-2)14-23-22(25)19-12-6-16(7-13-19)15-4-8-17(9-5-15)21(24)18-10-11-18/h4-9,12-13,18,20H,3,10-11,14H2,1-2H3,(H,23,25). The van der Waals surface area contributed by atoms with E-state index in [0.29, 0.717) is 12.1 Å².